The topological polar surface area (TPSA) is 70.6 Å². The van der Waals surface area contributed by atoms with Gasteiger partial charge < -0.3 is 15.2 Å². The second-order valence-corrected chi connectivity index (χ2v) is 6.85. The maximum atomic E-state index is 12.0. The highest BCUT2D eigenvalue weighted by Crippen LogP contribution is 2.30. The van der Waals surface area contributed by atoms with E-state index < -0.39 is 11.7 Å². The molecule has 1 heterocycles. The Bertz CT molecular complexity index is 517. The van der Waals surface area contributed by atoms with Crippen LogP contribution in [0.2, 0.25) is 0 Å². The molecule has 1 saturated heterocycles. The van der Waals surface area contributed by atoms with Crippen LogP contribution in [-0.4, -0.2) is 29.9 Å². The highest BCUT2D eigenvalue weighted by molar-refractivity contribution is 5.88. The van der Waals surface area contributed by atoms with E-state index in [0.717, 1.165) is 37.9 Å². The summed E-state index contributed by atoms with van der Waals surface area (Å²) < 4.78 is 5.27. The van der Waals surface area contributed by atoms with Gasteiger partial charge in [-0.25, -0.2) is 4.79 Å². The number of phenolic OH excluding ortho intramolecular Hbond substituents is 1. The average Bonchev–Trinajstić information content (AvgIpc) is 2.42. The number of amides is 1. The maximum absolute atomic E-state index is 12.0. The average molecular weight is 306 g/mol. The summed E-state index contributed by atoms with van der Waals surface area (Å²) in [5, 5.41) is 16.2. The van der Waals surface area contributed by atoms with Gasteiger partial charge >= 0.3 is 6.09 Å². The van der Waals surface area contributed by atoms with E-state index in [0.29, 0.717) is 11.6 Å². The van der Waals surface area contributed by atoms with E-state index in [1.54, 1.807) is 12.1 Å². The Morgan fingerprint density at radius 1 is 1.45 bits per heavy atom. The van der Waals surface area contributed by atoms with Gasteiger partial charge in [0.05, 0.1) is 5.69 Å². The van der Waals surface area contributed by atoms with Crippen molar-refractivity contribution in [1.29, 1.82) is 0 Å². The van der Waals surface area contributed by atoms with E-state index >= 15 is 0 Å². The number of ether oxygens (including phenoxy) is 1. The van der Waals surface area contributed by atoms with Gasteiger partial charge in [-0.05, 0) is 70.7 Å². The number of hydrogen-bond donors (Lipinski definition) is 3. The summed E-state index contributed by atoms with van der Waals surface area (Å²) in [6.45, 7) is 7.48. The first-order valence-corrected chi connectivity index (χ1v) is 7.87. The Morgan fingerprint density at radius 3 is 2.86 bits per heavy atom. The van der Waals surface area contributed by atoms with Crippen LogP contribution in [0.25, 0.3) is 0 Å². The fraction of sp³-hybridized carbons (Fsp3) is 0.588. The van der Waals surface area contributed by atoms with Crippen LogP contribution in [0.1, 0.15) is 39.2 Å². The van der Waals surface area contributed by atoms with Crippen LogP contribution in [0.4, 0.5) is 10.5 Å². The highest BCUT2D eigenvalue weighted by Gasteiger charge is 2.21. The molecule has 5 nitrogen and oxygen atoms in total. The molecular formula is C17H26N2O3. The first kappa shape index (κ1) is 16.6. The van der Waals surface area contributed by atoms with Crippen LogP contribution < -0.4 is 10.6 Å². The molecule has 0 bridgehead atoms. The van der Waals surface area contributed by atoms with Gasteiger partial charge in [0.2, 0.25) is 0 Å². The van der Waals surface area contributed by atoms with Crippen molar-refractivity contribution < 1.29 is 14.6 Å². The molecule has 1 aromatic carbocycles. The number of phenols is 1. The molecule has 1 amide bonds. The van der Waals surface area contributed by atoms with Crippen molar-refractivity contribution in [3.63, 3.8) is 0 Å². The lowest BCUT2D eigenvalue weighted by Crippen LogP contribution is -2.31. The predicted octanol–water partition coefficient (Wildman–Crippen LogP) is 3.28. The molecule has 122 valence electrons. The summed E-state index contributed by atoms with van der Waals surface area (Å²) in [5.74, 6) is 0.599. The third-order valence-electron chi connectivity index (χ3n) is 3.66. The molecule has 1 aromatic rings. The molecule has 0 spiro atoms. The zero-order chi connectivity index (χ0) is 16.2. The number of nitrogens with one attached hydrogen (secondary N) is 2. The van der Waals surface area contributed by atoms with Crippen molar-refractivity contribution in [2.24, 2.45) is 5.92 Å². The number of aromatic hydroxyl groups is 1. The second-order valence-electron chi connectivity index (χ2n) is 6.85. The molecule has 1 fully saturated rings. The molecule has 22 heavy (non-hydrogen) atoms. The summed E-state index contributed by atoms with van der Waals surface area (Å²) in [7, 11) is 0. The number of piperidine rings is 1. The third kappa shape index (κ3) is 4.91. The summed E-state index contributed by atoms with van der Waals surface area (Å²) in [4.78, 5) is 12.0. The van der Waals surface area contributed by atoms with Gasteiger partial charge in [-0.3, -0.25) is 5.32 Å². The molecule has 5 heteroatoms. The number of anilines is 1. The Hall–Kier alpha value is -1.75. The minimum absolute atomic E-state index is 0.0760. The Balaban J connectivity index is 2.10. The van der Waals surface area contributed by atoms with Gasteiger partial charge in [-0.15, -0.1) is 0 Å². The number of carbonyl (C=O) groups excluding carboxylic acids is 1. The highest BCUT2D eigenvalue weighted by atomic mass is 16.6. The monoisotopic (exact) mass is 306 g/mol. The van der Waals surface area contributed by atoms with Gasteiger partial charge in [0.15, 0.2) is 0 Å². The maximum Gasteiger partial charge on any atom is 0.412 e. The number of benzene rings is 1. The molecule has 1 aliphatic heterocycles. The second kappa shape index (κ2) is 7.01. The van der Waals surface area contributed by atoms with E-state index in [1.165, 1.54) is 0 Å². The van der Waals surface area contributed by atoms with E-state index in [-0.39, 0.29) is 5.75 Å². The number of para-hydroxylation sites is 1. The molecule has 0 radical (unpaired) electrons. The molecule has 1 aliphatic rings. The normalized spacial score (nSPS) is 18.8. The fourth-order valence-corrected chi connectivity index (χ4v) is 2.72. The van der Waals surface area contributed by atoms with Gasteiger partial charge in [-0.1, -0.05) is 12.1 Å². The van der Waals surface area contributed by atoms with Crippen LogP contribution >= 0.6 is 0 Å². The summed E-state index contributed by atoms with van der Waals surface area (Å²) in [6, 6.07) is 5.33. The van der Waals surface area contributed by atoms with Crippen molar-refractivity contribution in [3.05, 3.63) is 23.8 Å². The Kier molecular flexibility index (Phi) is 5.29. The molecule has 0 aliphatic carbocycles. The zero-order valence-corrected chi connectivity index (χ0v) is 13.6. The van der Waals surface area contributed by atoms with Crippen molar-refractivity contribution in [2.45, 2.75) is 45.6 Å². The van der Waals surface area contributed by atoms with Crippen LogP contribution in [0.5, 0.6) is 5.75 Å². The summed E-state index contributed by atoms with van der Waals surface area (Å²) >= 11 is 0. The lowest BCUT2D eigenvalue weighted by atomic mass is 9.91. The fourth-order valence-electron chi connectivity index (χ4n) is 2.72. The molecule has 0 aromatic heterocycles. The van der Waals surface area contributed by atoms with Crippen molar-refractivity contribution in [1.82, 2.24) is 5.32 Å². The SMILES string of the molecule is CC(C)(C)OC(=O)Nc1c(O)cccc1CC1CCCNC1. The Labute approximate surface area is 132 Å². The minimum atomic E-state index is -0.568. The smallest absolute Gasteiger partial charge is 0.412 e. The molecular weight excluding hydrogens is 280 g/mol. The first-order chi connectivity index (χ1) is 10.3. The molecule has 3 N–H and O–H groups in total. The van der Waals surface area contributed by atoms with E-state index in [1.807, 2.05) is 26.8 Å². The molecule has 1 atom stereocenters. The largest absolute Gasteiger partial charge is 0.506 e. The number of carbonyl (C=O) groups is 1. The summed E-state index contributed by atoms with van der Waals surface area (Å²) in [5.41, 5.74) is 0.837. The van der Waals surface area contributed by atoms with Gasteiger partial charge in [0.1, 0.15) is 11.4 Å². The van der Waals surface area contributed by atoms with Crippen LogP contribution in [0.3, 0.4) is 0 Å². The standard InChI is InChI=1S/C17H26N2O3/c1-17(2,3)22-16(21)19-15-13(7-4-8-14(15)20)10-12-6-5-9-18-11-12/h4,7-8,12,18,20H,5-6,9-11H2,1-3H3,(H,19,21). The van der Waals surface area contributed by atoms with Crippen molar-refractivity contribution in [2.75, 3.05) is 18.4 Å². The molecule has 2 rings (SSSR count). The quantitative estimate of drug-likeness (QED) is 0.750. The molecule has 1 unspecified atom stereocenters. The van der Waals surface area contributed by atoms with Crippen LogP contribution in [-0.2, 0) is 11.2 Å². The minimum Gasteiger partial charge on any atom is -0.506 e. The lowest BCUT2D eigenvalue weighted by Gasteiger charge is -2.24. The van der Waals surface area contributed by atoms with Crippen molar-refractivity contribution >= 4 is 11.8 Å². The Morgan fingerprint density at radius 2 is 2.23 bits per heavy atom. The van der Waals surface area contributed by atoms with Gasteiger partial charge in [0, 0.05) is 0 Å². The predicted molar refractivity (Wildman–Crippen MR) is 87.3 cm³/mol. The lowest BCUT2D eigenvalue weighted by molar-refractivity contribution is 0.0635. The first-order valence-electron chi connectivity index (χ1n) is 7.87. The van der Waals surface area contributed by atoms with Gasteiger partial charge in [-0.2, -0.15) is 0 Å². The number of hydrogen-bond acceptors (Lipinski definition) is 4. The van der Waals surface area contributed by atoms with Crippen LogP contribution in [0.15, 0.2) is 18.2 Å². The van der Waals surface area contributed by atoms with E-state index in [2.05, 4.69) is 10.6 Å². The van der Waals surface area contributed by atoms with Crippen LogP contribution in [0, 0.1) is 5.92 Å². The zero-order valence-electron chi connectivity index (χ0n) is 13.6. The number of rotatable bonds is 3. The summed E-state index contributed by atoms with van der Waals surface area (Å²) in [6.07, 6.45) is 2.61. The van der Waals surface area contributed by atoms with Crippen molar-refractivity contribution in [3.8, 4) is 5.75 Å². The van der Waals surface area contributed by atoms with E-state index in [9.17, 15) is 9.90 Å². The third-order valence-corrected chi connectivity index (χ3v) is 3.66. The van der Waals surface area contributed by atoms with E-state index in [4.69, 9.17) is 4.74 Å². The molecule has 0 saturated carbocycles. The van der Waals surface area contributed by atoms with Gasteiger partial charge in [0.25, 0.3) is 0 Å².